The lowest BCUT2D eigenvalue weighted by atomic mass is 9.79. The number of nitriles is 1. The monoisotopic (exact) mass is 331 g/mol. The minimum absolute atomic E-state index is 0.191. The van der Waals surface area contributed by atoms with Crippen molar-refractivity contribution < 1.29 is 14.0 Å². The molecule has 0 bridgehead atoms. The minimum atomic E-state index is -0.780. The summed E-state index contributed by atoms with van der Waals surface area (Å²) in [5.74, 6) is -0.534. The molecule has 1 saturated heterocycles. The molecule has 0 aromatic heterocycles. The summed E-state index contributed by atoms with van der Waals surface area (Å²) in [6, 6.07) is 6.99. The van der Waals surface area contributed by atoms with E-state index in [1.807, 2.05) is 11.8 Å². The number of carbonyl (C=O) groups excluding carboxylic acids is 2. The molecule has 1 aliphatic rings. The van der Waals surface area contributed by atoms with Gasteiger partial charge < -0.3 is 9.69 Å². The summed E-state index contributed by atoms with van der Waals surface area (Å²) < 4.78 is 13.2. The first-order valence-electron chi connectivity index (χ1n) is 7.85. The zero-order chi connectivity index (χ0) is 18.1. The van der Waals surface area contributed by atoms with Crippen LogP contribution >= 0.6 is 0 Å². The smallest absolute Gasteiger partial charge is 0.240 e. The van der Waals surface area contributed by atoms with E-state index in [-0.39, 0.29) is 17.8 Å². The number of aldehydes is 1. The highest BCUT2D eigenvalue weighted by molar-refractivity contribution is 5.84. The zero-order valence-corrected chi connectivity index (χ0v) is 14.4. The normalized spacial score (nSPS) is 28.2. The van der Waals surface area contributed by atoms with Crippen molar-refractivity contribution in [1.82, 2.24) is 9.80 Å². The summed E-state index contributed by atoms with van der Waals surface area (Å²) in [6.07, 6.45) is 1.07. The first-order chi connectivity index (χ1) is 11.2. The van der Waals surface area contributed by atoms with Crippen molar-refractivity contribution in [2.45, 2.75) is 38.4 Å². The van der Waals surface area contributed by atoms with Gasteiger partial charge in [0.2, 0.25) is 5.91 Å². The maximum absolute atomic E-state index is 13.2. The van der Waals surface area contributed by atoms with Gasteiger partial charge in [0, 0.05) is 7.05 Å². The molecular formula is C18H22FN3O2. The van der Waals surface area contributed by atoms with E-state index in [0.29, 0.717) is 12.7 Å². The van der Waals surface area contributed by atoms with E-state index < -0.39 is 17.5 Å². The van der Waals surface area contributed by atoms with Gasteiger partial charge in [0.1, 0.15) is 12.1 Å². The van der Waals surface area contributed by atoms with Crippen molar-refractivity contribution in [3.8, 4) is 6.07 Å². The van der Waals surface area contributed by atoms with Crippen LogP contribution in [0.3, 0.4) is 0 Å². The van der Waals surface area contributed by atoms with Gasteiger partial charge in [0.25, 0.3) is 0 Å². The summed E-state index contributed by atoms with van der Waals surface area (Å²) in [5.41, 5.74) is 0.0161. The van der Waals surface area contributed by atoms with Crippen LogP contribution in [0.5, 0.6) is 0 Å². The molecule has 1 aromatic rings. The number of amides is 1. The third-order valence-corrected chi connectivity index (χ3v) is 5.00. The van der Waals surface area contributed by atoms with Crippen LogP contribution in [-0.4, -0.2) is 48.2 Å². The first-order valence-corrected chi connectivity index (χ1v) is 7.85. The average Bonchev–Trinajstić information content (AvgIpc) is 2.85. The van der Waals surface area contributed by atoms with Crippen molar-refractivity contribution in [3.05, 3.63) is 35.6 Å². The van der Waals surface area contributed by atoms with Gasteiger partial charge >= 0.3 is 0 Å². The topological polar surface area (TPSA) is 64.4 Å². The maximum atomic E-state index is 13.2. The fourth-order valence-corrected chi connectivity index (χ4v) is 3.43. The van der Waals surface area contributed by atoms with Gasteiger partial charge in [-0.3, -0.25) is 9.69 Å². The number of hydrogen-bond acceptors (Lipinski definition) is 4. The number of likely N-dealkylation sites (N-methyl/N-ethyl adjacent to an activating group) is 2. The zero-order valence-electron chi connectivity index (χ0n) is 14.4. The molecule has 0 aliphatic carbocycles. The lowest BCUT2D eigenvalue weighted by molar-refractivity contribution is -0.138. The number of nitrogens with zero attached hydrogens (tertiary/aromatic N) is 3. The minimum Gasteiger partial charge on any atom is -0.335 e. The molecule has 1 aliphatic heterocycles. The lowest BCUT2D eigenvalue weighted by Crippen LogP contribution is -2.46. The largest absolute Gasteiger partial charge is 0.335 e. The lowest BCUT2D eigenvalue weighted by Gasteiger charge is -2.31. The third kappa shape index (κ3) is 3.04. The fourth-order valence-electron chi connectivity index (χ4n) is 3.43. The van der Waals surface area contributed by atoms with Gasteiger partial charge in [0.15, 0.2) is 0 Å². The van der Waals surface area contributed by atoms with Gasteiger partial charge in [-0.1, -0.05) is 12.1 Å². The quantitative estimate of drug-likeness (QED) is 0.793. The number of rotatable bonds is 4. The predicted octanol–water partition coefficient (Wildman–Crippen LogP) is 2.15. The molecule has 1 amide bonds. The molecule has 2 rings (SSSR count). The molecule has 24 heavy (non-hydrogen) atoms. The van der Waals surface area contributed by atoms with E-state index in [2.05, 4.69) is 6.07 Å². The van der Waals surface area contributed by atoms with Crippen LogP contribution in [0.25, 0.3) is 0 Å². The molecular weight excluding hydrogens is 309 g/mol. The fraction of sp³-hybridized carbons (Fsp3) is 0.500. The van der Waals surface area contributed by atoms with Crippen LogP contribution in [-0.2, 0) is 9.59 Å². The van der Waals surface area contributed by atoms with Crippen LogP contribution < -0.4 is 0 Å². The second-order valence-corrected chi connectivity index (χ2v) is 6.69. The molecule has 6 heteroatoms. The Morgan fingerprint density at radius 2 is 2.08 bits per heavy atom. The van der Waals surface area contributed by atoms with Crippen molar-refractivity contribution in [1.29, 1.82) is 5.26 Å². The van der Waals surface area contributed by atoms with Crippen molar-refractivity contribution >= 4 is 12.2 Å². The Morgan fingerprint density at radius 1 is 1.50 bits per heavy atom. The Morgan fingerprint density at radius 3 is 2.58 bits per heavy atom. The SMILES string of the molecule is C[C@H](C=O)N(C)C(=O)C1C[C@](C)(C#N)C(c2ccc(F)cc2)N1C. The van der Waals surface area contributed by atoms with E-state index in [0.717, 1.165) is 5.56 Å². The summed E-state index contributed by atoms with van der Waals surface area (Å²) >= 11 is 0. The highest BCUT2D eigenvalue weighted by Crippen LogP contribution is 2.49. The molecule has 4 atom stereocenters. The predicted molar refractivity (Wildman–Crippen MR) is 87.3 cm³/mol. The van der Waals surface area contributed by atoms with Gasteiger partial charge in [-0.2, -0.15) is 5.26 Å². The molecule has 0 radical (unpaired) electrons. The molecule has 0 saturated carbocycles. The Kier molecular flexibility index (Phi) is 5.05. The van der Waals surface area contributed by atoms with Crippen LogP contribution in [0.15, 0.2) is 24.3 Å². The Hall–Kier alpha value is -2.26. The molecule has 2 unspecified atom stereocenters. The Bertz CT molecular complexity index is 670. The highest BCUT2D eigenvalue weighted by atomic mass is 19.1. The molecule has 1 fully saturated rings. The van der Waals surface area contributed by atoms with Crippen molar-refractivity contribution in [2.24, 2.45) is 5.41 Å². The number of carbonyl (C=O) groups is 2. The van der Waals surface area contributed by atoms with E-state index in [4.69, 9.17) is 0 Å². The maximum Gasteiger partial charge on any atom is 0.240 e. The molecule has 1 aromatic carbocycles. The van der Waals surface area contributed by atoms with E-state index in [9.17, 15) is 19.2 Å². The van der Waals surface area contributed by atoms with Crippen LogP contribution in [0.4, 0.5) is 4.39 Å². The molecule has 1 heterocycles. The average molecular weight is 331 g/mol. The van der Waals surface area contributed by atoms with Crippen molar-refractivity contribution in [2.75, 3.05) is 14.1 Å². The van der Waals surface area contributed by atoms with Crippen LogP contribution in [0, 0.1) is 22.6 Å². The second kappa shape index (κ2) is 6.70. The van der Waals surface area contributed by atoms with Crippen LogP contribution in [0.2, 0.25) is 0 Å². The third-order valence-electron chi connectivity index (χ3n) is 5.00. The van der Waals surface area contributed by atoms with Crippen LogP contribution in [0.1, 0.15) is 31.9 Å². The number of hydrogen-bond donors (Lipinski definition) is 0. The number of benzene rings is 1. The van der Waals surface area contributed by atoms with E-state index in [1.165, 1.54) is 17.0 Å². The first kappa shape index (κ1) is 18.1. The Balaban J connectivity index is 2.36. The summed E-state index contributed by atoms with van der Waals surface area (Å²) in [4.78, 5) is 27.0. The molecule has 5 nitrogen and oxygen atoms in total. The summed E-state index contributed by atoms with van der Waals surface area (Å²) in [5, 5.41) is 9.69. The van der Waals surface area contributed by atoms with Crippen molar-refractivity contribution in [3.63, 3.8) is 0 Å². The van der Waals surface area contributed by atoms with Gasteiger partial charge in [-0.25, -0.2) is 4.39 Å². The van der Waals surface area contributed by atoms with E-state index >= 15 is 0 Å². The molecule has 0 N–H and O–H groups in total. The summed E-state index contributed by atoms with van der Waals surface area (Å²) in [7, 11) is 3.38. The standard InChI is InChI=1S/C18H22FN3O2/c1-12(10-23)21(3)17(24)15-9-18(2,11-20)16(22(15)4)13-5-7-14(19)8-6-13/h5-8,10,12,15-16H,9H2,1-4H3/t12-,15?,16?,18-/m1/s1. The second-order valence-electron chi connectivity index (χ2n) is 6.69. The van der Waals surface area contributed by atoms with E-state index in [1.54, 1.807) is 33.2 Å². The molecule has 0 spiro atoms. The highest BCUT2D eigenvalue weighted by Gasteiger charge is 2.52. The van der Waals surface area contributed by atoms with Gasteiger partial charge in [0.05, 0.1) is 29.6 Å². The number of halogens is 1. The van der Waals surface area contributed by atoms with Gasteiger partial charge in [-0.05, 0) is 45.0 Å². The van der Waals surface area contributed by atoms with Gasteiger partial charge in [-0.15, -0.1) is 0 Å². The number of likely N-dealkylation sites (tertiary alicyclic amines) is 1. The molecule has 128 valence electrons. The summed E-state index contributed by atoms with van der Waals surface area (Å²) in [6.45, 7) is 3.47. The Labute approximate surface area is 141 Å².